The van der Waals surface area contributed by atoms with E-state index in [1.165, 1.54) is 6.07 Å². The zero-order valence-corrected chi connectivity index (χ0v) is 9.69. The molecule has 4 heteroatoms. The molecule has 0 bridgehead atoms. The van der Waals surface area contributed by atoms with Gasteiger partial charge in [-0.3, -0.25) is 0 Å². The molecular weight excluding hydrogens is 215 g/mol. The molecule has 0 aliphatic carbocycles. The van der Waals surface area contributed by atoms with Crippen LogP contribution in [0, 0.1) is 12.7 Å². The van der Waals surface area contributed by atoms with E-state index in [1.807, 2.05) is 13.0 Å². The summed E-state index contributed by atoms with van der Waals surface area (Å²) in [5.74, 6) is -0.213. The van der Waals surface area contributed by atoms with Crippen molar-refractivity contribution < 1.29 is 4.39 Å². The molecule has 1 rings (SSSR count). The number of rotatable bonds is 4. The molecule has 1 aromatic carbocycles. The highest BCUT2D eigenvalue weighted by molar-refractivity contribution is 5.85. The minimum Gasteiger partial charge on any atom is -0.330 e. The van der Waals surface area contributed by atoms with Crippen molar-refractivity contribution in [2.75, 3.05) is 6.54 Å². The quantitative estimate of drug-likeness (QED) is 0.837. The van der Waals surface area contributed by atoms with Crippen LogP contribution < -0.4 is 11.5 Å². The normalized spacial score (nSPS) is 12.0. The first kappa shape index (κ1) is 14.4. The smallest absolute Gasteiger partial charge is 0.128 e. The fourth-order valence-electron chi connectivity index (χ4n) is 1.43. The molecule has 4 N–H and O–H groups in total. The number of aryl methyl sites for hydroxylation is 1. The lowest BCUT2D eigenvalue weighted by Gasteiger charge is -2.12. The van der Waals surface area contributed by atoms with Crippen LogP contribution in [0.2, 0.25) is 0 Å². The first-order valence-corrected chi connectivity index (χ1v) is 4.87. The fraction of sp³-hybridized carbons (Fsp3) is 0.455. The van der Waals surface area contributed by atoms with Gasteiger partial charge in [0, 0.05) is 11.6 Å². The van der Waals surface area contributed by atoms with Crippen molar-refractivity contribution in [2.45, 2.75) is 25.8 Å². The second-order valence-electron chi connectivity index (χ2n) is 3.56. The minimum absolute atomic E-state index is 0. The Morgan fingerprint density at radius 1 is 1.40 bits per heavy atom. The molecule has 86 valence electrons. The van der Waals surface area contributed by atoms with E-state index in [9.17, 15) is 4.39 Å². The van der Waals surface area contributed by atoms with Gasteiger partial charge in [0.05, 0.1) is 0 Å². The standard InChI is InChI=1S/C11H17FN2.ClH/c1-8-4-5-9(10(12)7-8)11(14)3-2-6-13;/h4-5,7,11H,2-3,6,13-14H2,1H3;1H/t11-;/m1./s1. The van der Waals surface area contributed by atoms with Crippen molar-refractivity contribution in [3.63, 3.8) is 0 Å². The van der Waals surface area contributed by atoms with Crippen LogP contribution in [0.3, 0.4) is 0 Å². The lowest BCUT2D eigenvalue weighted by atomic mass is 10.0. The zero-order valence-electron chi connectivity index (χ0n) is 8.87. The Kier molecular flexibility index (Phi) is 6.48. The predicted molar refractivity (Wildman–Crippen MR) is 63.6 cm³/mol. The molecule has 1 aromatic rings. The van der Waals surface area contributed by atoms with Gasteiger partial charge in [-0.1, -0.05) is 12.1 Å². The Labute approximate surface area is 96.3 Å². The summed E-state index contributed by atoms with van der Waals surface area (Å²) in [5, 5.41) is 0. The van der Waals surface area contributed by atoms with E-state index in [1.54, 1.807) is 6.07 Å². The maximum absolute atomic E-state index is 13.4. The summed E-state index contributed by atoms with van der Waals surface area (Å²) in [6.45, 7) is 2.46. The van der Waals surface area contributed by atoms with Gasteiger partial charge in [0.15, 0.2) is 0 Å². The van der Waals surface area contributed by atoms with Crippen LogP contribution in [-0.4, -0.2) is 6.54 Å². The van der Waals surface area contributed by atoms with Crippen LogP contribution in [0.1, 0.15) is 30.0 Å². The Balaban J connectivity index is 0.00000196. The molecule has 0 unspecified atom stereocenters. The van der Waals surface area contributed by atoms with Gasteiger partial charge in [-0.15, -0.1) is 12.4 Å². The third-order valence-corrected chi connectivity index (χ3v) is 2.27. The first-order valence-electron chi connectivity index (χ1n) is 4.87. The Bertz CT molecular complexity index is 305. The lowest BCUT2D eigenvalue weighted by molar-refractivity contribution is 0.552. The predicted octanol–water partition coefficient (Wildman–Crippen LogP) is 2.29. The first-order chi connectivity index (χ1) is 6.65. The van der Waals surface area contributed by atoms with Crippen LogP contribution in [-0.2, 0) is 0 Å². The van der Waals surface area contributed by atoms with Gasteiger partial charge < -0.3 is 11.5 Å². The molecule has 1 atom stereocenters. The molecule has 0 radical (unpaired) electrons. The topological polar surface area (TPSA) is 52.0 Å². The number of benzene rings is 1. The molecule has 0 saturated carbocycles. The zero-order chi connectivity index (χ0) is 10.6. The minimum atomic E-state index is -0.237. The van der Waals surface area contributed by atoms with Crippen molar-refractivity contribution in [3.8, 4) is 0 Å². The Morgan fingerprint density at radius 3 is 2.60 bits per heavy atom. The van der Waals surface area contributed by atoms with Gasteiger partial charge in [-0.25, -0.2) is 4.39 Å². The molecule has 0 saturated heterocycles. The van der Waals surface area contributed by atoms with Crippen molar-refractivity contribution in [3.05, 3.63) is 35.1 Å². The third-order valence-electron chi connectivity index (χ3n) is 2.27. The molecule has 15 heavy (non-hydrogen) atoms. The van der Waals surface area contributed by atoms with E-state index >= 15 is 0 Å². The van der Waals surface area contributed by atoms with Gasteiger partial charge >= 0.3 is 0 Å². The van der Waals surface area contributed by atoms with Crippen molar-refractivity contribution in [2.24, 2.45) is 11.5 Å². The van der Waals surface area contributed by atoms with E-state index < -0.39 is 0 Å². The Hall–Kier alpha value is -0.640. The number of hydrogen-bond acceptors (Lipinski definition) is 2. The molecule has 0 aliphatic rings. The van der Waals surface area contributed by atoms with Gasteiger partial charge in [0.25, 0.3) is 0 Å². The van der Waals surface area contributed by atoms with Crippen molar-refractivity contribution in [1.82, 2.24) is 0 Å². The molecule has 0 fully saturated rings. The number of hydrogen-bond donors (Lipinski definition) is 2. The van der Waals surface area contributed by atoms with Crippen LogP contribution >= 0.6 is 12.4 Å². The highest BCUT2D eigenvalue weighted by Crippen LogP contribution is 2.19. The molecule has 2 nitrogen and oxygen atoms in total. The second kappa shape index (κ2) is 6.77. The highest BCUT2D eigenvalue weighted by Gasteiger charge is 2.10. The monoisotopic (exact) mass is 232 g/mol. The van der Waals surface area contributed by atoms with E-state index in [0.717, 1.165) is 18.4 Å². The third kappa shape index (κ3) is 4.16. The van der Waals surface area contributed by atoms with Crippen LogP contribution in [0.4, 0.5) is 4.39 Å². The number of halogens is 2. The van der Waals surface area contributed by atoms with Crippen molar-refractivity contribution in [1.29, 1.82) is 0 Å². The molecule has 0 amide bonds. The summed E-state index contributed by atoms with van der Waals surface area (Å²) < 4.78 is 13.4. The largest absolute Gasteiger partial charge is 0.330 e. The molecule has 0 heterocycles. The van der Waals surface area contributed by atoms with E-state index in [-0.39, 0.29) is 24.3 Å². The maximum atomic E-state index is 13.4. The van der Waals surface area contributed by atoms with E-state index in [4.69, 9.17) is 11.5 Å². The average molecular weight is 233 g/mol. The number of nitrogens with two attached hydrogens (primary N) is 2. The van der Waals surface area contributed by atoms with Crippen LogP contribution in [0.25, 0.3) is 0 Å². The van der Waals surface area contributed by atoms with E-state index in [2.05, 4.69) is 0 Å². The summed E-state index contributed by atoms with van der Waals surface area (Å²) in [6.07, 6.45) is 1.56. The second-order valence-corrected chi connectivity index (χ2v) is 3.56. The van der Waals surface area contributed by atoms with E-state index in [0.29, 0.717) is 12.1 Å². The summed E-state index contributed by atoms with van der Waals surface area (Å²) >= 11 is 0. The van der Waals surface area contributed by atoms with Crippen LogP contribution in [0.5, 0.6) is 0 Å². The van der Waals surface area contributed by atoms with Gasteiger partial charge in [0.1, 0.15) is 5.82 Å². The van der Waals surface area contributed by atoms with Gasteiger partial charge in [-0.05, 0) is 37.9 Å². The fourth-order valence-corrected chi connectivity index (χ4v) is 1.43. The lowest BCUT2D eigenvalue weighted by Crippen LogP contribution is -2.14. The van der Waals surface area contributed by atoms with Crippen LogP contribution in [0.15, 0.2) is 18.2 Å². The summed E-state index contributed by atoms with van der Waals surface area (Å²) in [7, 11) is 0. The molecule has 0 aromatic heterocycles. The molecule has 0 aliphatic heterocycles. The summed E-state index contributed by atoms with van der Waals surface area (Å²) in [4.78, 5) is 0. The average Bonchev–Trinajstić information content (AvgIpc) is 2.14. The Morgan fingerprint density at radius 2 is 2.07 bits per heavy atom. The highest BCUT2D eigenvalue weighted by atomic mass is 35.5. The van der Waals surface area contributed by atoms with Gasteiger partial charge in [-0.2, -0.15) is 0 Å². The summed E-state index contributed by atoms with van der Waals surface area (Å²) in [5.41, 5.74) is 12.7. The molecule has 0 spiro atoms. The maximum Gasteiger partial charge on any atom is 0.128 e. The molecular formula is C11H18ClFN2. The van der Waals surface area contributed by atoms with Gasteiger partial charge in [0.2, 0.25) is 0 Å². The SMILES string of the molecule is Cc1ccc([C@H](N)CCCN)c(F)c1.Cl. The van der Waals surface area contributed by atoms with Crippen molar-refractivity contribution >= 4 is 12.4 Å². The summed E-state index contributed by atoms with van der Waals surface area (Å²) in [6, 6.07) is 4.91.